The van der Waals surface area contributed by atoms with Crippen molar-refractivity contribution < 1.29 is 28.3 Å². The molecule has 3 N–H and O–H groups in total. The second kappa shape index (κ2) is 9.41. The third-order valence-electron chi connectivity index (χ3n) is 6.62. The van der Waals surface area contributed by atoms with Crippen LogP contribution in [-0.2, 0) is 28.2 Å². The molecular weight excluding hydrogens is 591 g/mol. The average Bonchev–Trinajstić information content (AvgIpc) is 3.03. The first-order valence-electron chi connectivity index (χ1n) is 11.1. The first-order valence-corrected chi connectivity index (χ1v) is 12.2. The lowest BCUT2D eigenvalue weighted by molar-refractivity contribution is -0.145. The van der Waals surface area contributed by atoms with Crippen LogP contribution in [0.1, 0.15) is 47.6 Å². The van der Waals surface area contributed by atoms with E-state index in [9.17, 15) is 28.7 Å². The van der Waals surface area contributed by atoms with E-state index >= 15 is 4.39 Å². The lowest BCUT2D eigenvalue weighted by Crippen LogP contribution is -2.54. The predicted octanol–water partition coefficient (Wildman–Crippen LogP) is 1.32. The van der Waals surface area contributed by atoms with Gasteiger partial charge >= 0.3 is 11.8 Å². The maximum Gasteiger partial charge on any atom is 0.311 e. The second-order valence-electron chi connectivity index (χ2n) is 9.34. The smallest absolute Gasteiger partial charge is 0.311 e. The van der Waals surface area contributed by atoms with Crippen LogP contribution in [0, 0.1) is 9.39 Å². The molecule has 2 bridgehead atoms. The van der Waals surface area contributed by atoms with E-state index in [1.165, 1.54) is 32.3 Å². The Bertz CT molecular complexity index is 1320. The van der Waals surface area contributed by atoms with E-state index in [1.807, 2.05) is 22.6 Å². The molecule has 1 saturated carbocycles. The average molecular weight is 615 g/mol. The van der Waals surface area contributed by atoms with Crippen molar-refractivity contribution in [2.75, 3.05) is 14.1 Å². The van der Waals surface area contributed by atoms with Crippen LogP contribution in [0.5, 0.6) is 5.75 Å². The number of nitrogens with zero attached hydrogens (tertiary/aromatic N) is 3. The predicted molar refractivity (Wildman–Crippen MR) is 131 cm³/mol. The van der Waals surface area contributed by atoms with Crippen molar-refractivity contribution in [3.63, 3.8) is 0 Å². The summed E-state index contributed by atoms with van der Waals surface area (Å²) in [6, 6.07) is 4.25. The largest absolute Gasteiger partial charge is 0.501 e. The van der Waals surface area contributed by atoms with Gasteiger partial charge in [-0.05, 0) is 66.0 Å². The zero-order valence-electron chi connectivity index (χ0n) is 19.5. The number of hydrogen-bond donors (Lipinski definition) is 3. The number of aromatic hydroxyl groups is 1. The van der Waals surface area contributed by atoms with Gasteiger partial charge in [0.25, 0.3) is 11.5 Å². The van der Waals surface area contributed by atoms with E-state index < -0.39 is 58.3 Å². The Hall–Kier alpha value is -3.10. The van der Waals surface area contributed by atoms with Crippen LogP contribution < -0.4 is 16.2 Å². The molecule has 3 heterocycles. The fourth-order valence-electron chi connectivity index (χ4n) is 4.58. The summed E-state index contributed by atoms with van der Waals surface area (Å²) in [5.41, 5.74) is -4.20. The van der Waals surface area contributed by atoms with Gasteiger partial charge in [0.1, 0.15) is 17.3 Å². The van der Waals surface area contributed by atoms with Crippen molar-refractivity contribution >= 4 is 40.3 Å². The molecule has 1 aromatic heterocycles. The van der Waals surface area contributed by atoms with Crippen molar-refractivity contribution in [2.45, 2.75) is 50.0 Å². The summed E-state index contributed by atoms with van der Waals surface area (Å²) >= 11 is 1.81. The summed E-state index contributed by atoms with van der Waals surface area (Å²) in [4.78, 5) is 56.2. The molecule has 192 valence electrons. The Labute approximate surface area is 218 Å². The van der Waals surface area contributed by atoms with E-state index in [2.05, 4.69) is 15.6 Å². The number of likely N-dealkylation sites (N-methyl/N-ethyl adjacent to an activating group) is 1. The van der Waals surface area contributed by atoms with Gasteiger partial charge in [0, 0.05) is 24.2 Å². The van der Waals surface area contributed by atoms with E-state index in [-0.39, 0.29) is 38.1 Å². The number of nitrogens with one attached hydrogen (secondary N) is 2. The molecule has 1 aliphatic carbocycles. The van der Waals surface area contributed by atoms with Crippen LogP contribution in [0.25, 0.3) is 0 Å². The summed E-state index contributed by atoms with van der Waals surface area (Å²) < 4.78 is 30.3. The molecule has 3 amide bonds. The third kappa shape index (κ3) is 4.67. The zero-order valence-corrected chi connectivity index (χ0v) is 21.7. The van der Waals surface area contributed by atoms with Gasteiger partial charge in [0.15, 0.2) is 5.69 Å². The van der Waals surface area contributed by atoms with Crippen molar-refractivity contribution in [2.24, 2.45) is 0 Å². The quantitative estimate of drug-likeness (QED) is 0.351. The van der Waals surface area contributed by atoms with Crippen LogP contribution >= 0.6 is 22.6 Å². The number of carbonyl (C=O) groups excluding carboxylic acids is 3. The van der Waals surface area contributed by atoms with Crippen LogP contribution in [0.3, 0.4) is 0 Å². The summed E-state index contributed by atoms with van der Waals surface area (Å²) in [6.45, 7) is -0.446. The standard InChI is InChI=1S/C23H24F2IN5O5/c1-30(2)20(36)18(34)29-23-7-5-22(25,6-8-23)11-31-19(35)16(32)15(28-21(23)31)17(33)27-10-12-3-4-13(24)14(26)9-12/h3-4,9,32H,5-8,10-11H2,1-2H3,(H,27,33)(H,29,34). The van der Waals surface area contributed by atoms with Crippen molar-refractivity contribution in [1.29, 1.82) is 0 Å². The van der Waals surface area contributed by atoms with Crippen LogP contribution in [0.2, 0.25) is 0 Å². The van der Waals surface area contributed by atoms with Crippen molar-refractivity contribution in [3.8, 4) is 5.75 Å². The zero-order chi connectivity index (χ0) is 26.4. The van der Waals surface area contributed by atoms with E-state index in [0.717, 1.165) is 9.47 Å². The van der Waals surface area contributed by atoms with E-state index in [1.54, 1.807) is 0 Å². The molecule has 2 aliphatic heterocycles. The molecule has 0 atom stereocenters. The molecule has 1 aromatic carbocycles. The molecule has 13 heteroatoms. The lowest BCUT2D eigenvalue weighted by atomic mass is 9.76. The molecule has 0 saturated heterocycles. The van der Waals surface area contributed by atoms with Crippen molar-refractivity contribution in [1.82, 2.24) is 25.1 Å². The molecule has 1 fully saturated rings. The minimum atomic E-state index is -1.77. The minimum Gasteiger partial charge on any atom is -0.501 e. The maximum absolute atomic E-state index is 15.4. The number of fused-ring (bicyclic) bond motifs is 2. The fourth-order valence-corrected chi connectivity index (χ4v) is 5.15. The van der Waals surface area contributed by atoms with E-state index in [4.69, 9.17) is 0 Å². The van der Waals surface area contributed by atoms with Gasteiger partial charge in [-0.25, -0.2) is 13.8 Å². The molecule has 10 nitrogen and oxygen atoms in total. The Morgan fingerprint density at radius 3 is 2.50 bits per heavy atom. The lowest BCUT2D eigenvalue weighted by Gasteiger charge is -2.38. The summed E-state index contributed by atoms with van der Waals surface area (Å²) in [6.07, 6.45) is 0.0555. The number of carbonyl (C=O) groups is 3. The molecule has 3 aliphatic rings. The first-order chi connectivity index (χ1) is 16.9. The number of amides is 3. The third-order valence-corrected chi connectivity index (χ3v) is 7.45. The number of rotatable bonds is 4. The minimum absolute atomic E-state index is 0.0161. The van der Waals surface area contributed by atoms with Crippen LogP contribution in [0.15, 0.2) is 23.0 Å². The SMILES string of the molecule is CN(C)C(=O)C(=O)NC12CCC(F)(CC1)Cn1c2nc(C(=O)NCc2ccc(F)c(I)c2)c(O)c1=O. The fraction of sp³-hybridized carbons (Fsp3) is 0.435. The number of aromatic nitrogens is 2. The Balaban J connectivity index is 1.72. The molecule has 0 spiro atoms. The van der Waals surface area contributed by atoms with Gasteiger partial charge in [-0.3, -0.25) is 23.7 Å². The van der Waals surface area contributed by atoms with Gasteiger partial charge in [0.05, 0.1) is 12.1 Å². The highest BCUT2D eigenvalue weighted by atomic mass is 127. The first kappa shape index (κ1) is 26.0. The monoisotopic (exact) mass is 615 g/mol. The molecular formula is C23H24F2IN5O5. The van der Waals surface area contributed by atoms with Gasteiger partial charge in [0.2, 0.25) is 5.75 Å². The second-order valence-corrected chi connectivity index (χ2v) is 10.5. The molecule has 36 heavy (non-hydrogen) atoms. The number of alkyl halides is 1. The topological polar surface area (TPSA) is 134 Å². The van der Waals surface area contributed by atoms with Crippen molar-refractivity contribution in [3.05, 3.63) is 55.0 Å². The Morgan fingerprint density at radius 1 is 1.22 bits per heavy atom. The summed E-state index contributed by atoms with van der Waals surface area (Å²) in [5, 5.41) is 15.7. The summed E-state index contributed by atoms with van der Waals surface area (Å²) in [7, 11) is 2.80. The molecule has 5 rings (SSSR count). The maximum atomic E-state index is 15.4. The number of benzene rings is 1. The van der Waals surface area contributed by atoms with Crippen LogP contribution in [-0.4, -0.2) is 57.0 Å². The molecule has 0 unspecified atom stereocenters. The van der Waals surface area contributed by atoms with Gasteiger partial charge < -0.3 is 20.6 Å². The van der Waals surface area contributed by atoms with Crippen LogP contribution in [0.4, 0.5) is 8.78 Å². The van der Waals surface area contributed by atoms with Gasteiger partial charge in [-0.2, -0.15) is 0 Å². The number of hydrogen-bond acceptors (Lipinski definition) is 6. The highest BCUT2D eigenvalue weighted by molar-refractivity contribution is 14.1. The number of halogens is 3. The summed E-state index contributed by atoms with van der Waals surface area (Å²) in [5.74, 6) is -4.15. The van der Waals surface area contributed by atoms with Gasteiger partial charge in [-0.1, -0.05) is 6.07 Å². The van der Waals surface area contributed by atoms with E-state index in [0.29, 0.717) is 9.13 Å². The molecule has 2 aromatic rings. The van der Waals surface area contributed by atoms with Gasteiger partial charge in [-0.15, -0.1) is 0 Å². The normalized spacial score (nSPS) is 22.4. The highest BCUT2D eigenvalue weighted by Crippen LogP contribution is 2.46. The Kier molecular flexibility index (Phi) is 6.79. The Morgan fingerprint density at radius 2 is 1.89 bits per heavy atom. The molecule has 0 radical (unpaired) electrons. The highest BCUT2D eigenvalue weighted by Gasteiger charge is 2.52.